The first-order chi connectivity index (χ1) is 8.65. The van der Waals surface area contributed by atoms with Crippen molar-refractivity contribution in [2.45, 2.75) is 52.1 Å². The summed E-state index contributed by atoms with van der Waals surface area (Å²) in [5.41, 5.74) is 2.62. The van der Waals surface area contributed by atoms with Crippen molar-refractivity contribution in [2.24, 2.45) is 0 Å². The summed E-state index contributed by atoms with van der Waals surface area (Å²) in [6, 6.07) is 6.47. The Balaban J connectivity index is 2.03. The lowest BCUT2D eigenvalue weighted by atomic mass is 9.77. The van der Waals surface area contributed by atoms with E-state index in [2.05, 4.69) is 44.3 Å². The van der Waals surface area contributed by atoms with Crippen molar-refractivity contribution in [2.75, 3.05) is 13.1 Å². The zero-order valence-corrected chi connectivity index (χ0v) is 11.9. The molecule has 2 rings (SSSR count). The van der Waals surface area contributed by atoms with Gasteiger partial charge in [0.1, 0.15) is 11.4 Å². The molecule has 1 saturated carbocycles. The molecule has 0 radical (unpaired) electrons. The number of nitrogens with one attached hydrogen (secondary N) is 1. The molecular weight excluding hydrogens is 222 g/mol. The van der Waals surface area contributed by atoms with Gasteiger partial charge in [0.2, 0.25) is 0 Å². The van der Waals surface area contributed by atoms with E-state index in [1.54, 1.807) is 0 Å². The van der Waals surface area contributed by atoms with Crippen molar-refractivity contribution < 1.29 is 4.74 Å². The van der Waals surface area contributed by atoms with Crippen molar-refractivity contribution >= 4 is 0 Å². The zero-order chi connectivity index (χ0) is 13.0. The minimum absolute atomic E-state index is 0.0979. The van der Waals surface area contributed by atoms with Crippen LogP contribution in [-0.4, -0.2) is 18.7 Å². The molecule has 2 nitrogen and oxygen atoms in total. The molecule has 0 aromatic heterocycles. The Morgan fingerprint density at radius 3 is 2.67 bits per heavy atom. The van der Waals surface area contributed by atoms with E-state index in [-0.39, 0.29) is 5.60 Å². The van der Waals surface area contributed by atoms with E-state index in [4.69, 9.17) is 4.74 Å². The van der Waals surface area contributed by atoms with Crippen molar-refractivity contribution in [1.82, 2.24) is 5.32 Å². The second-order valence-corrected chi connectivity index (χ2v) is 5.51. The van der Waals surface area contributed by atoms with Gasteiger partial charge in [-0.2, -0.15) is 0 Å². The summed E-state index contributed by atoms with van der Waals surface area (Å²) in [6.45, 7) is 8.50. The molecule has 0 amide bonds. The average Bonchev–Trinajstić information content (AvgIpc) is 2.30. The molecular formula is C16H25NO. The van der Waals surface area contributed by atoms with Crippen LogP contribution in [0, 0.1) is 13.8 Å². The van der Waals surface area contributed by atoms with Crippen LogP contribution < -0.4 is 10.1 Å². The lowest BCUT2D eigenvalue weighted by Crippen LogP contribution is -2.45. The highest BCUT2D eigenvalue weighted by molar-refractivity contribution is 5.36. The molecule has 0 unspecified atom stereocenters. The average molecular weight is 247 g/mol. The van der Waals surface area contributed by atoms with Crippen molar-refractivity contribution in [3.8, 4) is 5.75 Å². The van der Waals surface area contributed by atoms with Crippen LogP contribution in [0.2, 0.25) is 0 Å². The summed E-state index contributed by atoms with van der Waals surface area (Å²) >= 11 is 0. The van der Waals surface area contributed by atoms with Gasteiger partial charge in [-0.15, -0.1) is 0 Å². The molecule has 1 aromatic rings. The molecule has 0 heterocycles. The van der Waals surface area contributed by atoms with Gasteiger partial charge in [0.25, 0.3) is 0 Å². The molecule has 100 valence electrons. The van der Waals surface area contributed by atoms with E-state index in [0.717, 1.165) is 25.3 Å². The Hall–Kier alpha value is -1.02. The van der Waals surface area contributed by atoms with Gasteiger partial charge in [0.05, 0.1) is 0 Å². The predicted molar refractivity (Wildman–Crippen MR) is 76.3 cm³/mol. The molecule has 1 aliphatic carbocycles. The van der Waals surface area contributed by atoms with Crippen LogP contribution >= 0.6 is 0 Å². The topological polar surface area (TPSA) is 21.3 Å². The Morgan fingerprint density at radius 1 is 1.28 bits per heavy atom. The molecule has 1 aliphatic rings. The molecule has 2 heteroatoms. The first kappa shape index (κ1) is 13.4. The Bertz CT molecular complexity index is 396. The standard InChI is InChI=1S/C16H25NO/c1-4-17-11-10-16(8-5-9-16)18-15-12-13(2)6-7-14(15)3/h6-7,12,17H,4-5,8-11H2,1-3H3. The maximum Gasteiger partial charge on any atom is 0.123 e. The van der Waals surface area contributed by atoms with Gasteiger partial charge in [-0.3, -0.25) is 0 Å². The minimum Gasteiger partial charge on any atom is -0.487 e. The van der Waals surface area contributed by atoms with Crippen LogP contribution in [0.4, 0.5) is 0 Å². The van der Waals surface area contributed by atoms with Crippen LogP contribution in [0.15, 0.2) is 18.2 Å². The highest BCUT2D eigenvalue weighted by atomic mass is 16.5. The summed E-state index contributed by atoms with van der Waals surface area (Å²) < 4.78 is 6.36. The SMILES string of the molecule is CCNCCC1(Oc2cc(C)ccc2C)CCC1. The lowest BCUT2D eigenvalue weighted by molar-refractivity contribution is -0.0147. The van der Waals surface area contributed by atoms with Crippen molar-refractivity contribution in [3.63, 3.8) is 0 Å². The third kappa shape index (κ3) is 3.05. The fraction of sp³-hybridized carbons (Fsp3) is 0.625. The number of rotatable bonds is 6. The molecule has 1 aromatic carbocycles. The van der Waals surface area contributed by atoms with Gasteiger partial charge in [0.15, 0.2) is 0 Å². The maximum absolute atomic E-state index is 6.36. The number of hydrogen-bond acceptors (Lipinski definition) is 2. The van der Waals surface area contributed by atoms with Gasteiger partial charge in [-0.25, -0.2) is 0 Å². The lowest BCUT2D eigenvalue weighted by Gasteiger charge is -2.42. The highest BCUT2D eigenvalue weighted by Gasteiger charge is 2.39. The summed E-state index contributed by atoms with van der Waals surface area (Å²) in [7, 11) is 0. The van der Waals surface area contributed by atoms with Crippen LogP contribution in [0.1, 0.15) is 43.7 Å². The fourth-order valence-electron chi connectivity index (χ4n) is 2.52. The second-order valence-electron chi connectivity index (χ2n) is 5.51. The van der Waals surface area contributed by atoms with Crippen molar-refractivity contribution in [1.29, 1.82) is 0 Å². The van der Waals surface area contributed by atoms with Gasteiger partial charge >= 0.3 is 0 Å². The molecule has 0 bridgehead atoms. The first-order valence-electron chi connectivity index (χ1n) is 7.12. The largest absolute Gasteiger partial charge is 0.487 e. The third-order valence-corrected chi connectivity index (χ3v) is 3.94. The number of benzene rings is 1. The fourth-order valence-corrected chi connectivity index (χ4v) is 2.52. The van der Waals surface area contributed by atoms with Gasteiger partial charge < -0.3 is 10.1 Å². The second kappa shape index (κ2) is 5.75. The van der Waals surface area contributed by atoms with Crippen LogP contribution in [0.5, 0.6) is 5.75 Å². The summed E-state index contributed by atoms with van der Waals surface area (Å²) in [5, 5.41) is 3.40. The van der Waals surface area contributed by atoms with Crippen LogP contribution in [0.25, 0.3) is 0 Å². The summed E-state index contributed by atoms with van der Waals surface area (Å²) in [5.74, 6) is 1.08. The Morgan fingerprint density at radius 2 is 2.06 bits per heavy atom. The number of ether oxygens (including phenoxy) is 1. The molecule has 0 atom stereocenters. The molecule has 0 saturated heterocycles. The Labute approximate surface area is 111 Å². The van der Waals surface area contributed by atoms with E-state index < -0.39 is 0 Å². The summed E-state index contributed by atoms with van der Waals surface area (Å²) in [6.07, 6.45) is 4.82. The zero-order valence-electron chi connectivity index (χ0n) is 11.9. The van der Waals surface area contributed by atoms with Crippen LogP contribution in [-0.2, 0) is 0 Å². The normalized spacial score (nSPS) is 17.3. The van der Waals surface area contributed by atoms with E-state index in [0.29, 0.717) is 0 Å². The smallest absolute Gasteiger partial charge is 0.123 e. The van der Waals surface area contributed by atoms with Crippen LogP contribution in [0.3, 0.4) is 0 Å². The monoisotopic (exact) mass is 247 g/mol. The van der Waals surface area contributed by atoms with Crippen molar-refractivity contribution in [3.05, 3.63) is 29.3 Å². The summed E-state index contributed by atoms with van der Waals surface area (Å²) in [4.78, 5) is 0. The molecule has 0 aliphatic heterocycles. The molecule has 18 heavy (non-hydrogen) atoms. The van der Waals surface area contributed by atoms with E-state index in [1.165, 1.54) is 30.4 Å². The molecule has 0 spiro atoms. The molecule has 1 N–H and O–H groups in total. The number of aryl methyl sites for hydroxylation is 2. The Kier molecular flexibility index (Phi) is 4.28. The number of hydrogen-bond donors (Lipinski definition) is 1. The third-order valence-electron chi connectivity index (χ3n) is 3.94. The van der Waals surface area contributed by atoms with E-state index in [9.17, 15) is 0 Å². The van der Waals surface area contributed by atoms with E-state index >= 15 is 0 Å². The highest BCUT2D eigenvalue weighted by Crippen LogP contribution is 2.40. The molecule has 1 fully saturated rings. The van der Waals surface area contributed by atoms with E-state index in [1.807, 2.05) is 0 Å². The predicted octanol–water partition coefficient (Wildman–Crippen LogP) is 3.60. The van der Waals surface area contributed by atoms with Gasteiger partial charge in [-0.05, 0) is 69.8 Å². The first-order valence-corrected chi connectivity index (χ1v) is 7.12. The minimum atomic E-state index is 0.0979. The quantitative estimate of drug-likeness (QED) is 0.775. The van der Waals surface area contributed by atoms with Gasteiger partial charge in [-0.1, -0.05) is 19.1 Å². The van der Waals surface area contributed by atoms with Gasteiger partial charge in [0, 0.05) is 0 Å². The maximum atomic E-state index is 6.36.